The summed E-state index contributed by atoms with van der Waals surface area (Å²) in [7, 11) is 0. The number of allylic oxidation sites excluding steroid dienone is 2. The van der Waals surface area contributed by atoms with E-state index in [4.69, 9.17) is 10.2 Å². The Morgan fingerprint density at radius 2 is 1.03 bits per heavy atom. The van der Waals surface area contributed by atoms with Crippen molar-refractivity contribution in [3.63, 3.8) is 0 Å². The molecule has 2 N–H and O–H groups in total. The minimum absolute atomic E-state index is 0.0973. The second-order valence-electron chi connectivity index (χ2n) is 9.58. The Morgan fingerprint density at radius 1 is 0.618 bits per heavy atom. The zero-order valence-corrected chi connectivity index (χ0v) is 21.5. The van der Waals surface area contributed by atoms with Gasteiger partial charge in [-0.3, -0.25) is 9.59 Å². The van der Waals surface area contributed by atoms with Gasteiger partial charge < -0.3 is 24.6 Å². The van der Waals surface area contributed by atoms with Crippen LogP contribution in [0.1, 0.15) is 116 Å². The molecule has 7 heteroatoms. The van der Waals surface area contributed by atoms with Gasteiger partial charge in [0, 0.05) is 12.4 Å². The maximum Gasteiger partial charge on any atom is 0.309 e. The number of carbonyl (C=O) groups is 3. The summed E-state index contributed by atoms with van der Waals surface area (Å²) in [5.74, 6) is -3.09. The highest BCUT2D eigenvalue weighted by molar-refractivity contribution is 5.67. The van der Waals surface area contributed by atoms with Gasteiger partial charge in [0.1, 0.15) is 0 Å². The molecule has 0 aliphatic heterocycles. The van der Waals surface area contributed by atoms with Gasteiger partial charge in [0.2, 0.25) is 0 Å². The quantitative estimate of drug-likeness (QED) is 0.108. The van der Waals surface area contributed by atoms with E-state index in [-0.39, 0.29) is 43.4 Å². The Balaban J connectivity index is 4.12. The zero-order valence-electron chi connectivity index (χ0n) is 21.5. The molecule has 0 aliphatic carbocycles. The number of hydrogen-bond acceptors (Lipinski definition) is 4. The van der Waals surface area contributed by atoms with Gasteiger partial charge in [0.05, 0.1) is 39.0 Å². The van der Waals surface area contributed by atoms with Gasteiger partial charge in [0.25, 0.3) is 0 Å². The number of rotatable bonds is 25. The molecule has 0 rings (SSSR count). The molecule has 0 spiro atoms. The smallest absolute Gasteiger partial charge is 0.309 e. The summed E-state index contributed by atoms with van der Waals surface area (Å²) in [5.41, 5.74) is 0. The molecule has 198 valence electrons. The van der Waals surface area contributed by atoms with Gasteiger partial charge in [0.15, 0.2) is 0 Å². The van der Waals surface area contributed by atoms with Crippen LogP contribution in [-0.2, 0) is 14.4 Å². The molecule has 0 bridgehead atoms. The summed E-state index contributed by atoms with van der Waals surface area (Å²) in [6.45, 7) is 3.57. The van der Waals surface area contributed by atoms with Crippen molar-refractivity contribution in [1.82, 2.24) is 0 Å². The van der Waals surface area contributed by atoms with Crippen LogP contribution >= 0.6 is 0 Å². The molecule has 0 aromatic rings. The van der Waals surface area contributed by atoms with Crippen LogP contribution in [0.3, 0.4) is 0 Å². The molecule has 0 fully saturated rings. The Hall–Kier alpha value is -1.89. The van der Waals surface area contributed by atoms with Crippen molar-refractivity contribution in [2.45, 2.75) is 116 Å². The van der Waals surface area contributed by atoms with Gasteiger partial charge >= 0.3 is 11.9 Å². The third-order valence-corrected chi connectivity index (χ3v) is 6.53. The van der Waals surface area contributed by atoms with Gasteiger partial charge in [-0.25, -0.2) is 0 Å². The Morgan fingerprint density at radius 3 is 1.47 bits per heavy atom. The standard InChI is InChI=1S/C27H49NO6/c1-2-3-4-5-6-7-8-9-10-11-12-13-14-15-16-17-21-28(22-18-25(29)30,23-19-26(31)32)24-20-27(33)34/h8-9H,2-7,10-24H2,1H3,(H2-,29,30,31,32,33,34)/b9-8+. The fourth-order valence-electron chi connectivity index (χ4n) is 4.36. The molecule has 0 radical (unpaired) electrons. The number of nitrogens with zero attached hydrogens (tertiary/aromatic N) is 1. The Kier molecular flexibility index (Phi) is 20.4. The molecule has 0 unspecified atom stereocenters. The van der Waals surface area contributed by atoms with E-state index in [0.29, 0.717) is 6.54 Å². The lowest BCUT2D eigenvalue weighted by Gasteiger charge is -2.38. The van der Waals surface area contributed by atoms with Gasteiger partial charge in [-0.15, -0.1) is 0 Å². The number of carboxylic acids is 3. The molecular formula is C27H49NO6. The molecule has 0 aromatic carbocycles. The van der Waals surface area contributed by atoms with E-state index in [2.05, 4.69) is 19.1 Å². The Bertz CT molecular complexity index is 530. The molecule has 0 amide bonds. The minimum Gasteiger partial charge on any atom is -0.550 e. The number of aliphatic carboxylic acids is 3. The van der Waals surface area contributed by atoms with E-state index < -0.39 is 17.9 Å². The van der Waals surface area contributed by atoms with Gasteiger partial charge in [-0.1, -0.05) is 70.4 Å². The van der Waals surface area contributed by atoms with Gasteiger partial charge in [-0.2, -0.15) is 0 Å². The molecule has 0 aromatic heterocycles. The van der Waals surface area contributed by atoms with Crippen molar-refractivity contribution in [3.05, 3.63) is 12.2 Å². The fraction of sp³-hybridized carbons (Fsp3) is 0.815. The maximum atomic E-state index is 11.1. The lowest BCUT2D eigenvalue weighted by atomic mass is 10.1. The summed E-state index contributed by atoms with van der Waals surface area (Å²) < 4.78 is 0.220. The van der Waals surface area contributed by atoms with Crippen LogP contribution in [0.2, 0.25) is 0 Å². The topological polar surface area (TPSA) is 115 Å². The minimum atomic E-state index is -1.19. The first-order valence-corrected chi connectivity index (χ1v) is 13.4. The summed E-state index contributed by atoms with van der Waals surface area (Å²) >= 11 is 0. The van der Waals surface area contributed by atoms with E-state index in [1.807, 2.05) is 0 Å². The van der Waals surface area contributed by atoms with Crippen molar-refractivity contribution in [2.24, 2.45) is 0 Å². The van der Waals surface area contributed by atoms with Crippen LogP contribution in [0.25, 0.3) is 0 Å². The van der Waals surface area contributed by atoms with E-state index >= 15 is 0 Å². The van der Waals surface area contributed by atoms with E-state index in [1.165, 1.54) is 57.8 Å². The molecule has 0 aliphatic rings. The predicted molar refractivity (Wildman–Crippen MR) is 133 cm³/mol. The third-order valence-electron chi connectivity index (χ3n) is 6.53. The summed E-state index contributed by atoms with van der Waals surface area (Å²) in [4.78, 5) is 33.2. The van der Waals surface area contributed by atoms with Crippen molar-refractivity contribution in [1.29, 1.82) is 0 Å². The monoisotopic (exact) mass is 483 g/mol. The second-order valence-corrected chi connectivity index (χ2v) is 9.58. The summed E-state index contributed by atoms with van der Waals surface area (Å²) in [6.07, 6.45) is 21.0. The average Bonchev–Trinajstić information content (AvgIpc) is 2.79. The first kappa shape index (κ1) is 32.1. The number of carbonyl (C=O) groups excluding carboxylic acids is 1. The summed E-state index contributed by atoms with van der Waals surface area (Å²) in [5, 5.41) is 29.2. The largest absolute Gasteiger partial charge is 0.550 e. The molecule has 34 heavy (non-hydrogen) atoms. The number of hydrogen-bond donors (Lipinski definition) is 2. The number of carboxylic acid groups (broad SMARTS) is 3. The fourth-order valence-corrected chi connectivity index (χ4v) is 4.36. The SMILES string of the molecule is CCCCCCC/C=C/CCCCCCCCC[N+](CCC(=O)[O-])(CCC(=O)O)CCC(=O)O. The molecule has 0 atom stereocenters. The van der Waals surface area contributed by atoms with Crippen molar-refractivity contribution in [3.8, 4) is 0 Å². The van der Waals surface area contributed by atoms with Crippen molar-refractivity contribution >= 4 is 17.9 Å². The Labute approximate surface area is 206 Å². The van der Waals surface area contributed by atoms with Crippen LogP contribution in [0.4, 0.5) is 0 Å². The highest BCUT2D eigenvalue weighted by Gasteiger charge is 2.28. The first-order valence-electron chi connectivity index (χ1n) is 13.4. The van der Waals surface area contributed by atoms with E-state index in [0.717, 1.165) is 32.1 Å². The summed E-state index contributed by atoms with van der Waals surface area (Å²) in [6, 6.07) is 0. The van der Waals surface area contributed by atoms with Crippen molar-refractivity contribution < 1.29 is 34.2 Å². The first-order chi connectivity index (χ1) is 16.3. The highest BCUT2D eigenvalue weighted by atomic mass is 16.4. The molecule has 0 saturated heterocycles. The van der Waals surface area contributed by atoms with Crippen LogP contribution in [-0.4, -0.2) is 58.8 Å². The molecular weight excluding hydrogens is 434 g/mol. The van der Waals surface area contributed by atoms with Gasteiger partial charge in [-0.05, 0) is 38.5 Å². The lowest BCUT2D eigenvalue weighted by Crippen LogP contribution is -2.53. The third kappa shape index (κ3) is 20.7. The van der Waals surface area contributed by atoms with Crippen LogP contribution in [0.15, 0.2) is 12.2 Å². The van der Waals surface area contributed by atoms with Crippen molar-refractivity contribution in [2.75, 3.05) is 26.2 Å². The lowest BCUT2D eigenvalue weighted by molar-refractivity contribution is -0.927. The predicted octanol–water partition coefficient (Wildman–Crippen LogP) is 4.93. The average molecular weight is 484 g/mol. The maximum absolute atomic E-state index is 11.1. The van der Waals surface area contributed by atoms with Crippen LogP contribution in [0, 0.1) is 0 Å². The van der Waals surface area contributed by atoms with E-state index in [1.54, 1.807) is 0 Å². The normalized spacial score (nSPS) is 11.8. The number of unbranched alkanes of at least 4 members (excludes halogenated alkanes) is 12. The zero-order chi connectivity index (χ0) is 25.5. The molecule has 0 saturated carbocycles. The number of quaternary nitrogens is 1. The van der Waals surface area contributed by atoms with Crippen LogP contribution in [0.5, 0.6) is 0 Å². The highest BCUT2D eigenvalue weighted by Crippen LogP contribution is 2.17. The second kappa shape index (κ2) is 21.6. The molecule has 7 nitrogen and oxygen atoms in total. The molecule has 0 heterocycles. The van der Waals surface area contributed by atoms with E-state index in [9.17, 15) is 19.5 Å². The van der Waals surface area contributed by atoms with Crippen LogP contribution < -0.4 is 5.11 Å².